The third kappa shape index (κ3) is 8.21. The van der Waals surface area contributed by atoms with E-state index >= 15 is 0 Å². The molecule has 4 heteroatoms. The molecule has 2 atom stereocenters. The molecule has 2 N–H and O–H groups in total. The molecule has 0 aromatic heterocycles. The molecular weight excluding hydrogens is 492 g/mol. The van der Waals surface area contributed by atoms with Gasteiger partial charge >= 0.3 is 0 Å². The van der Waals surface area contributed by atoms with Gasteiger partial charge in [0.25, 0.3) is 0 Å². The Labute approximate surface area is 244 Å². The molecule has 1 aliphatic carbocycles. The minimum Gasteiger partial charge on any atom is -0.507 e. The van der Waals surface area contributed by atoms with Crippen molar-refractivity contribution in [2.75, 3.05) is 0 Å². The summed E-state index contributed by atoms with van der Waals surface area (Å²) in [5, 5.41) is 22.3. The van der Waals surface area contributed by atoms with Crippen molar-refractivity contribution in [1.82, 2.24) is 0 Å². The summed E-state index contributed by atoms with van der Waals surface area (Å²) in [5.41, 5.74) is 5.82. The van der Waals surface area contributed by atoms with Gasteiger partial charge in [-0.3, -0.25) is 9.98 Å². The number of phenols is 2. The van der Waals surface area contributed by atoms with Crippen LogP contribution in [-0.2, 0) is 17.3 Å². The van der Waals surface area contributed by atoms with E-state index in [1.54, 1.807) is 0 Å². The molecule has 2 aromatic carbocycles. The van der Waals surface area contributed by atoms with E-state index in [0.717, 1.165) is 60.8 Å². The largest absolute Gasteiger partial charge is 0.507 e. The number of nitrogens with zero attached hydrogens (tertiary/aromatic N) is 2. The van der Waals surface area contributed by atoms with E-state index in [2.05, 4.69) is 86.6 Å². The SMILES string of the molecule is CCCCCc1cc(C=NC2CCCCC2N=Cc2cc(C(C)(C)C)cc(C(C)(C)C)c2O)c(O)c(C(C)C)c1. The molecule has 40 heavy (non-hydrogen) atoms. The molecular formula is C36H54N2O2. The van der Waals surface area contributed by atoms with Gasteiger partial charge in [-0.15, -0.1) is 0 Å². The van der Waals surface area contributed by atoms with Crippen LogP contribution in [0.5, 0.6) is 11.5 Å². The second kappa shape index (κ2) is 13.4. The van der Waals surface area contributed by atoms with Crippen LogP contribution in [0, 0.1) is 0 Å². The van der Waals surface area contributed by atoms with E-state index in [9.17, 15) is 10.2 Å². The van der Waals surface area contributed by atoms with E-state index < -0.39 is 0 Å². The van der Waals surface area contributed by atoms with Crippen LogP contribution in [0.25, 0.3) is 0 Å². The van der Waals surface area contributed by atoms with Crippen molar-refractivity contribution in [2.45, 2.75) is 143 Å². The fourth-order valence-electron chi connectivity index (χ4n) is 5.56. The fraction of sp³-hybridized carbons (Fsp3) is 0.611. The minimum atomic E-state index is -0.173. The number of aromatic hydroxyl groups is 2. The summed E-state index contributed by atoms with van der Waals surface area (Å²) in [5.74, 6) is 0.929. The van der Waals surface area contributed by atoms with E-state index in [0.29, 0.717) is 11.5 Å². The van der Waals surface area contributed by atoms with E-state index in [1.165, 1.54) is 24.0 Å². The Kier molecular flexibility index (Phi) is 10.7. The summed E-state index contributed by atoms with van der Waals surface area (Å²) in [6.45, 7) is 19.5. The highest BCUT2D eigenvalue weighted by Crippen LogP contribution is 2.37. The van der Waals surface area contributed by atoms with Gasteiger partial charge in [-0.25, -0.2) is 0 Å². The lowest BCUT2D eigenvalue weighted by Gasteiger charge is -2.28. The number of aliphatic imine (C=N–C) groups is 2. The van der Waals surface area contributed by atoms with E-state index in [-0.39, 0.29) is 28.8 Å². The molecule has 1 saturated carbocycles. The van der Waals surface area contributed by atoms with Gasteiger partial charge in [0.1, 0.15) is 11.5 Å². The number of benzene rings is 2. The summed E-state index contributed by atoms with van der Waals surface area (Å²) in [7, 11) is 0. The van der Waals surface area contributed by atoms with Gasteiger partial charge in [0.2, 0.25) is 0 Å². The first kappa shape index (κ1) is 31.9. The Hall–Kier alpha value is -2.62. The number of unbranched alkanes of at least 4 members (excludes halogenated alkanes) is 2. The molecule has 0 bridgehead atoms. The third-order valence-corrected chi connectivity index (χ3v) is 8.24. The summed E-state index contributed by atoms with van der Waals surface area (Å²) in [6, 6.07) is 8.64. The highest BCUT2D eigenvalue weighted by Gasteiger charge is 2.26. The molecule has 0 heterocycles. The van der Waals surface area contributed by atoms with Gasteiger partial charge in [0.05, 0.1) is 12.1 Å². The highest BCUT2D eigenvalue weighted by molar-refractivity contribution is 5.86. The Morgan fingerprint density at radius 2 is 1.38 bits per heavy atom. The molecule has 220 valence electrons. The van der Waals surface area contributed by atoms with E-state index in [4.69, 9.17) is 9.98 Å². The molecule has 2 aromatic rings. The summed E-state index contributed by atoms with van der Waals surface area (Å²) >= 11 is 0. The Morgan fingerprint density at radius 1 is 0.800 bits per heavy atom. The van der Waals surface area contributed by atoms with Gasteiger partial charge in [-0.05, 0) is 71.3 Å². The van der Waals surface area contributed by atoms with Crippen LogP contribution in [0.15, 0.2) is 34.3 Å². The summed E-state index contributed by atoms with van der Waals surface area (Å²) < 4.78 is 0. The van der Waals surface area contributed by atoms with Crippen LogP contribution >= 0.6 is 0 Å². The van der Waals surface area contributed by atoms with Crippen molar-refractivity contribution in [3.05, 3.63) is 57.6 Å². The molecule has 0 aliphatic heterocycles. The second-order valence-electron chi connectivity index (χ2n) is 14.2. The maximum atomic E-state index is 11.2. The standard InChI is InChI=1S/C36H54N2O2/c1-10-11-12-15-25-18-26(33(39)29(19-25)24(2)3)22-37-31-16-13-14-17-32(31)38-23-27-20-28(35(4,5)6)21-30(34(27)40)36(7,8)9/h18-24,31-32,39-40H,10-17H2,1-9H3. The average molecular weight is 547 g/mol. The number of phenolic OH excluding ortho intramolecular Hbond substituents is 2. The van der Waals surface area contributed by atoms with Crippen molar-refractivity contribution >= 4 is 12.4 Å². The third-order valence-electron chi connectivity index (χ3n) is 8.24. The van der Waals surface area contributed by atoms with Crippen molar-refractivity contribution in [3.8, 4) is 11.5 Å². The first-order chi connectivity index (χ1) is 18.7. The fourth-order valence-corrected chi connectivity index (χ4v) is 5.56. The zero-order valence-electron chi connectivity index (χ0n) is 26.6. The Morgan fingerprint density at radius 3 is 1.88 bits per heavy atom. The number of aryl methyl sites for hydroxylation is 1. The minimum absolute atomic E-state index is 0.0319. The molecule has 1 fully saturated rings. The summed E-state index contributed by atoms with van der Waals surface area (Å²) in [6.07, 6.45) is 12.6. The molecule has 1 aliphatic rings. The van der Waals surface area contributed by atoms with Crippen molar-refractivity contribution in [3.63, 3.8) is 0 Å². The average Bonchev–Trinajstić information content (AvgIpc) is 2.87. The van der Waals surface area contributed by atoms with Gasteiger partial charge < -0.3 is 10.2 Å². The van der Waals surface area contributed by atoms with Crippen LogP contribution in [0.2, 0.25) is 0 Å². The smallest absolute Gasteiger partial charge is 0.128 e. The molecule has 2 unspecified atom stereocenters. The maximum Gasteiger partial charge on any atom is 0.128 e. The number of hydrogen-bond donors (Lipinski definition) is 2. The zero-order valence-corrected chi connectivity index (χ0v) is 26.6. The maximum absolute atomic E-state index is 11.2. The lowest BCUT2D eigenvalue weighted by atomic mass is 9.79. The molecule has 0 radical (unpaired) electrons. The number of hydrogen-bond acceptors (Lipinski definition) is 4. The van der Waals surface area contributed by atoms with Gasteiger partial charge in [0, 0.05) is 29.1 Å². The van der Waals surface area contributed by atoms with Crippen molar-refractivity contribution in [1.29, 1.82) is 0 Å². The van der Waals surface area contributed by atoms with Gasteiger partial charge in [-0.2, -0.15) is 0 Å². The van der Waals surface area contributed by atoms with Crippen LogP contribution in [0.4, 0.5) is 0 Å². The lowest BCUT2D eigenvalue weighted by Crippen LogP contribution is -2.27. The zero-order chi connectivity index (χ0) is 29.7. The number of rotatable bonds is 9. The van der Waals surface area contributed by atoms with Crippen molar-refractivity contribution in [2.24, 2.45) is 9.98 Å². The van der Waals surface area contributed by atoms with Crippen LogP contribution < -0.4 is 0 Å². The predicted molar refractivity (Wildman–Crippen MR) is 172 cm³/mol. The normalized spacial score (nSPS) is 18.9. The molecule has 0 spiro atoms. The van der Waals surface area contributed by atoms with Crippen LogP contribution in [0.1, 0.15) is 147 Å². The Balaban J connectivity index is 1.92. The molecule has 3 rings (SSSR count). The van der Waals surface area contributed by atoms with Gasteiger partial charge in [-0.1, -0.05) is 100 Å². The second-order valence-corrected chi connectivity index (χ2v) is 14.2. The van der Waals surface area contributed by atoms with E-state index in [1.807, 2.05) is 12.4 Å². The first-order valence-electron chi connectivity index (χ1n) is 15.5. The predicted octanol–water partition coefficient (Wildman–Crippen LogP) is 9.40. The topological polar surface area (TPSA) is 65.2 Å². The lowest BCUT2D eigenvalue weighted by molar-refractivity contribution is 0.390. The van der Waals surface area contributed by atoms with Crippen molar-refractivity contribution < 1.29 is 10.2 Å². The quantitative estimate of drug-likeness (QED) is 0.243. The highest BCUT2D eigenvalue weighted by atomic mass is 16.3. The first-order valence-corrected chi connectivity index (χ1v) is 15.5. The van der Waals surface area contributed by atoms with Crippen LogP contribution in [0.3, 0.4) is 0 Å². The molecule has 0 amide bonds. The van der Waals surface area contributed by atoms with Crippen LogP contribution in [-0.4, -0.2) is 34.7 Å². The molecule has 4 nitrogen and oxygen atoms in total. The Bertz CT molecular complexity index is 1190. The summed E-state index contributed by atoms with van der Waals surface area (Å²) in [4.78, 5) is 10.0. The molecule has 0 saturated heterocycles. The monoisotopic (exact) mass is 546 g/mol. The van der Waals surface area contributed by atoms with Gasteiger partial charge in [0.15, 0.2) is 0 Å².